The fourth-order valence-electron chi connectivity index (χ4n) is 1.21. The minimum Gasteiger partial charge on any atom is -0.396 e. The second kappa shape index (κ2) is 4.79. The summed E-state index contributed by atoms with van der Waals surface area (Å²) in [7, 11) is 0. The Morgan fingerprint density at radius 2 is 2.31 bits per heavy atom. The van der Waals surface area contributed by atoms with Crippen LogP contribution in [0.2, 0.25) is 0 Å². The van der Waals surface area contributed by atoms with Crippen molar-refractivity contribution in [2.75, 3.05) is 12.3 Å². The topological polar surface area (TPSA) is 85.2 Å². The predicted octanol–water partition coefficient (Wildman–Crippen LogP) is 0.436. The lowest BCUT2D eigenvalue weighted by Gasteiger charge is -2.12. The van der Waals surface area contributed by atoms with Gasteiger partial charge in [-0.1, -0.05) is 6.07 Å². The first kappa shape index (κ1) is 9.95. The number of nitrogens with two attached hydrogens (primary N) is 2. The molecule has 0 spiro atoms. The van der Waals surface area contributed by atoms with Crippen molar-refractivity contribution in [1.82, 2.24) is 4.98 Å². The Morgan fingerprint density at radius 3 is 2.92 bits per heavy atom. The maximum absolute atomic E-state index is 8.63. The number of rotatable bonds is 4. The summed E-state index contributed by atoms with van der Waals surface area (Å²) in [6, 6.07) is 3.55. The zero-order chi connectivity index (χ0) is 9.68. The average molecular weight is 181 g/mol. The van der Waals surface area contributed by atoms with E-state index in [2.05, 4.69) is 4.98 Å². The van der Waals surface area contributed by atoms with Crippen molar-refractivity contribution in [3.05, 3.63) is 23.9 Å². The zero-order valence-electron chi connectivity index (χ0n) is 7.48. The van der Waals surface area contributed by atoms with Crippen LogP contribution >= 0.6 is 0 Å². The van der Waals surface area contributed by atoms with Gasteiger partial charge in [0.25, 0.3) is 0 Å². The summed E-state index contributed by atoms with van der Waals surface area (Å²) in [5, 5.41) is 8.63. The van der Waals surface area contributed by atoms with Gasteiger partial charge in [0.05, 0.1) is 0 Å². The average Bonchev–Trinajstić information content (AvgIpc) is 2.15. The Bertz CT molecular complexity index is 265. The van der Waals surface area contributed by atoms with E-state index in [9.17, 15) is 0 Å². The van der Waals surface area contributed by atoms with Crippen molar-refractivity contribution in [1.29, 1.82) is 0 Å². The first-order valence-corrected chi connectivity index (χ1v) is 4.32. The molecule has 1 rings (SSSR count). The van der Waals surface area contributed by atoms with Gasteiger partial charge < -0.3 is 16.6 Å². The van der Waals surface area contributed by atoms with E-state index in [0.29, 0.717) is 12.2 Å². The molecule has 0 aromatic carbocycles. The largest absolute Gasteiger partial charge is 0.396 e. The third-order valence-corrected chi connectivity index (χ3v) is 1.94. The number of anilines is 1. The highest BCUT2D eigenvalue weighted by Gasteiger charge is 2.08. The van der Waals surface area contributed by atoms with Crippen molar-refractivity contribution in [3.63, 3.8) is 0 Å². The molecule has 0 aliphatic heterocycles. The Hall–Kier alpha value is -1.13. The number of aromatic nitrogens is 1. The van der Waals surface area contributed by atoms with Gasteiger partial charge in [-0.2, -0.15) is 0 Å². The highest BCUT2D eigenvalue weighted by atomic mass is 16.2. The molecule has 1 atom stereocenters. The maximum Gasteiger partial charge on any atom is 0.128 e. The molecule has 0 saturated heterocycles. The van der Waals surface area contributed by atoms with Gasteiger partial charge in [0.1, 0.15) is 5.82 Å². The smallest absolute Gasteiger partial charge is 0.128 e. The van der Waals surface area contributed by atoms with Crippen LogP contribution in [0, 0.1) is 0 Å². The molecule has 1 aromatic heterocycles. The highest BCUT2D eigenvalue weighted by molar-refractivity contribution is 5.40. The Morgan fingerprint density at radius 1 is 1.54 bits per heavy atom. The summed E-state index contributed by atoms with van der Waals surface area (Å²) in [5.41, 5.74) is 12.3. The van der Waals surface area contributed by atoms with Crippen molar-refractivity contribution < 1.29 is 5.11 Å². The van der Waals surface area contributed by atoms with Gasteiger partial charge in [-0.3, -0.25) is 0 Å². The van der Waals surface area contributed by atoms with E-state index < -0.39 is 0 Å². The summed E-state index contributed by atoms with van der Waals surface area (Å²) in [5.74, 6) is 0.480. The van der Waals surface area contributed by atoms with Crippen LogP contribution in [0.25, 0.3) is 0 Å². The minimum atomic E-state index is -0.124. The first-order valence-electron chi connectivity index (χ1n) is 4.32. The molecule has 1 heterocycles. The lowest BCUT2D eigenvalue weighted by molar-refractivity contribution is 0.280. The normalized spacial score (nSPS) is 12.8. The Labute approximate surface area is 77.6 Å². The second-order valence-electron chi connectivity index (χ2n) is 2.95. The fourth-order valence-corrected chi connectivity index (χ4v) is 1.21. The van der Waals surface area contributed by atoms with Gasteiger partial charge in [0.2, 0.25) is 0 Å². The molecule has 0 aliphatic carbocycles. The third kappa shape index (κ3) is 2.68. The van der Waals surface area contributed by atoms with Gasteiger partial charge in [0.15, 0.2) is 0 Å². The summed E-state index contributed by atoms with van der Waals surface area (Å²) in [4.78, 5) is 3.94. The van der Waals surface area contributed by atoms with Crippen LogP contribution in [0.15, 0.2) is 18.3 Å². The molecule has 13 heavy (non-hydrogen) atoms. The molecule has 4 heteroatoms. The van der Waals surface area contributed by atoms with Crippen LogP contribution in [-0.2, 0) is 0 Å². The predicted molar refractivity (Wildman–Crippen MR) is 51.9 cm³/mol. The second-order valence-corrected chi connectivity index (χ2v) is 2.95. The van der Waals surface area contributed by atoms with Gasteiger partial charge in [0, 0.05) is 24.4 Å². The lowest BCUT2D eigenvalue weighted by atomic mass is 10.0. The van der Waals surface area contributed by atoms with Crippen LogP contribution in [-0.4, -0.2) is 16.7 Å². The van der Waals surface area contributed by atoms with E-state index in [1.54, 1.807) is 6.20 Å². The van der Waals surface area contributed by atoms with Crippen molar-refractivity contribution >= 4 is 5.82 Å². The van der Waals surface area contributed by atoms with E-state index in [4.69, 9.17) is 16.6 Å². The summed E-state index contributed by atoms with van der Waals surface area (Å²) < 4.78 is 0. The number of pyridine rings is 1. The molecule has 4 nitrogen and oxygen atoms in total. The molecular formula is C9H15N3O. The molecular weight excluding hydrogens is 166 g/mol. The number of hydrogen-bond donors (Lipinski definition) is 3. The van der Waals surface area contributed by atoms with Gasteiger partial charge in [-0.15, -0.1) is 0 Å². The van der Waals surface area contributed by atoms with Gasteiger partial charge in [-0.05, 0) is 18.9 Å². The number of nitrogens with zero attached hydrogens (tertiary/aromatic N) is 1. The van der Waals surface area contributed by atoms with Gasteiger partial charge in [-0.25, -0.2) is 4.98 Å². The molecule has 0 radical (unpaired) electrons. The molecule has 0 aliphatic rings. The molecule has 72 valence electrons. The van der Waals surface area contributed by atoms with Crippen LogP contribution in [0.5, 0.6) is 0 Å². The molecule has 1 aromatic rings. The molecule has 0 saturated carbocycles. The first-order chi connectivity index (χ1) is 6.25. The number of aliphatic hydroxyl groups is 1. The number of aliphatic hydroxyl groups excluding tert-OH is 1. The minimum absolute atomic E-state index is 0.124. The summed E-state index contributed by atoms with van der Waals surface area (Å²) >= 11 is 0. The maximum atomic E-state index is 8.63. The van der Waals surface area contributed by atoms with E-state index in [1.165, 1.54) is 0 Å². The third-order valence-electron chi connectivity index (χ3n) is 1.94. The van der Waals surface area contributed by atoms with Crippen LogP contribution in [0.1, 0.15) is 24.4 Å². The SMILES string of the molecule is Nc1ncccc1[C@H](N)CCCO. The molecule has 0 amide bonds. The van der Waals surface area contributed by atoms with E-state index in [1.807, 2.05) is 12.1 Å². The Balaban J connectivity index is 2.65. The standard InChI is InChI=1S/C9H15N3O/c10-8(4-2-6-13)7-3-1-5-12-9(7)11/h1,3,5,8,13H,2,4,6,10H2,(H2,11,12)/t8-/m1/s1. The molecule has 5 N–H and O–H groups in total. The lowest BCUT2D eigenvalue weighted by Crippen LogP contribution is -2.13. The molecule has 0 unspecified atom stereocenters. The van der Waals surface area contributed by atoms with E-state index >= 15 is 0 Å². The molecule has 0 fully saturated rings. The zero-order valence-corrected chi connectivity index (χ0v) is 7.48. The summed E-state index contributed by atoms with van der Waals surface area (Å²) in [6.45, 7) is 0.161. The van der Waals surface area contributed by atoms with E-state index in [0.717, 1.165) is 12.0 Å². The monoisotopic (exact) mass is 181 g/mol. The Kier molecular flexibility index (Phi) is 3.67. The number of hydrogen-bond acceptors (Lipinski definition) is 4. The van der Waals surface area contributed by atoms with Crippen LogP contribution in [0.4, 0.5) is 5.82 Å². The van der Waals surface area contributed by atoms with Crippen LogP contribution in [0.3, 0.4) is 0 Å². The fraction of sp³-hybridized carbons (Fsp3) is 0.444. The quantitative estimate of drug-likeness (QED) is 0.629. The van der Waals surface area contributed by atoms with Crippen molar-refractivity contribution in [2.45, 2.75) is 18.9 Å². The van der Waals surface area contributed by atoms with Crippen LogP contribution < -0.4 is 11.5 Å². The highest BCUT2D eigenvalue weighted by Crippen LogP contribution is 2.19. The van der Waals surface area contributed by atoms with Crippen molar-refractivity contribution in [2.24, 2.45) is 5.73 Å². The summed E-state index contributed by atoms with van der Waals surface area (Å²) in [6.07, 6.45) is 3.06. The van der Waals surface area contributed by atoms with Gasteiger partial charge >= 0.3 is 0 Å². The number of nitrogen functional groups attached to an aromatic ring is 1. The van der Waals surface area contributed by atoms with E-state index in [-0.39, 0.29) is 12.6 Å². The molecule has 0 bridgehead atoms. The van der Waals surface area contributed by atoms with Crippen molar-refractivity contribution in [3.8, 4) is 0 Å².